The number of halogens is 5. The summed E-state index contributed by atoms with van der Waals surface area (Å²) in [6.07, 6.45) is -4.65. The average molecular weight is 437 g/mol. The number of alkyl halides is 3. The van der Waals surface area contributed by atoms with Gasteiger partial charge in [0.25, 0.3) is 17.4 Å². The summed E-state index contributed by atoms with van der Waals surface area (Å²) in [5.74, 6) is -2.01. The Hall–Kier alpha value is -2.33. The second-order valence-corrected chi connectivity index (χ2v) is 6.32. The fourth-order valence-corrected chi connectivity index (χ4v) is 3.51. The van der Waals surface area contributed by atoms with Gasteiger partial charge in [-0.1, -0.05) is 11.6 Å². The van der Waals surface area contributed by atoms with Crippen molar-refractivity contribution in [3.63, 3.8) is 0 Å². The zero-order valence-corrected chi connectivity index (χ0v) is 14.2. The van der Waals surface area contributed by atoms with Crippen LogP contribution >= 0.6 is 27.5 Å². The Morgan fingerprint density at radius 1 is 1.12 bits per heavy atom. The maximum absolute atomic E-state index is 12.9. The normalized spacial score (nSPS) is 13.8. The molecule has 2 aromatic rings. The third-order valence-corrected chi connectivity index (χ3v) is 4.41. The lowest BCUT2D eigenvalue weighted by Crippen LogP contribution is -2.25. The van der Waals surface area contributed by atoms with Crippen molar-refractivity contribution in [1.29, 1.82) is 0 Å². The van der Waals surface area contributed by atoms with E-state index in [1.165, 1.54) is 0 Å². The van der Waals surface area contributed by atoms with Gasteiger partial charge in [-0.2, -0.15) is 13.2 Å². The number of nitrogens with one attached hydrogen (secondary N) is 1. The van der Waals surface area contributed by atoms with E-state index in [4.69, 9.17) is 17.3 Å². The van der Waals surface area contributed by atoms with Crippen LogP contribution in [0, 0.1) is 0 Å². The molecule has 1 aromatic carbocycles. The Morgan fingerprint density at radius 2 is 1.76 bits per heavy atom. The lowest BCUT2D eigenvalue weighted by atomic mass is 10.1. The van der Waals surface area contributed by atoms with Crippen molar-refractivity contribution >= 4 is 45.2 Å². The predicted octanol–water partition coefficient (Wildman–Crippen LogP) is 2.74. The van der Waals surface area contributed by atoms with Crippen molar-refractivity contribution in [3.8, 4) is 5.69 Å². The molecule has 2 amide bonds. The highest BCUT2D eigenvalue weighted by molar-refractivity contribution is 9.10. The number of benzene rings is 1. The maximum atomic E-state index is 12.9. The maximum Gasteiger partial charge on any atom is 0.416 e. The first kappa shape index (κ1) is 17.5. The van der Waals surface area contributed by atoms with Crippen molar-refractivity contribution in [2.75, 3.05) is 5.73 Å². The molecule has 0 spiro atoms. The van der Waals surface area contributed by atoms with Crippen LogP contribution in [0.2, 0.25) is 5.02 Å². The van der Waals surface area contributed by atoms with Crippen LogP contribution in [0.1, 0.15) is 26.3 Å². The number of nitrogens with zero attached hydrogens (tertiary/aromatic N) is 1. The van der Waals surface area contributed by atoms with Crippen LogP contribution < -0.4 is 16.6 Å². The Kier molecular flexibility index (Phi) is 3.92. The summed E-state index contributed by atoms with van der Waals surface area (Å²) in [5, 5.41) is 1.57. The van der Waals surface area contributed by atoms with E-state index in [1.54, 1.807) is 0 Å². The average Bonchev–Trinajstić information content (AvgIpc) is 2.75. The van der Waals surface area contributed by atoms with Crippen molar-refractivity contribution in [1.82, 2.24) is 9.88 Å². The summed E-state index contributed by atoms with van der Waals surface area (Å²) in [6, 6.07) is 2.23. The molecule has 0 radical (unpaired) electrons. The highest BCUT2D eigenvalue weighted by atomic mass is 79.9. The molecule has 0 atom stereocenters. The Labute approximate surface area is 150 Å². The van der Waals surface area contributed by atoms with E-state index in [2.05, 4.69) is 15.9 Å². The summed E-state index contributed by atoms with van der Waals surface area (Å²) in [6.45, 7) is 0. The van der Waals surface area contributed by atoms with Crippen molar-refractivity contribution in [2.24, 2.45) is 0 Å². The smallest absolute Gasteiger partial charge is 0.384 e. The molecular weight excluding hydrogens is 431 g/mol. The van der Waals surface area contributed by atoms with E-state index < -0.39 is 40.0 Å². The Balaban J connectivity index is 2.33. The third kappa shape index (κ3) is 2.71. The molecule has 3 rings (SSSR count). The minimum atomic E-state index is -4.65. The number of aromatic nitrogens is 1. The fraction of sp³-hybridized carbons (Fsp3) is 0.0714. The number of hydrogen-bond acceptors (Lipinski definition) is 4. The zero-order valence-electron chi connectivity index (χ0n) is 11.9. The zero-order chi connectivity index (χ0) is 18.7. The van der Waals surface area contributed by atoms with Gasteiger partial charge in [-0.15, -0.1) is 0 Å². The minimum Gasteiger partial charge on any atom is -0.384 e. The van der Waals surface area contributed by atoms with E-state index in [1.807, 2.05) is 5.32 Å². The number of carbonyl (C=O) groups excluding carboxylic acids is 2. The number of pyridine rings is 1. The molecule has 0 unspecified atom stereocenters. The lowest BCUT2D eigenvalue weighted by molar-refractivity contribution is -0.137. The SMILES string of the molecule is Nc1c2c(cc(=O)n1-c1c(Cl)cc(C(F)(F)F)cc1Br)C(=O)NC2=O. The number of carbonyl (C=O) groups is 2. The van der Waals surface area contributed by atoms with E-state index in [0.717, 1.165) is 16.7 Å². The molecule has 3 N–H and O–H groups in total. The van der Waals surface area contributed by atoms with Crippen LogP contribution in [0.4, 0.5) is 19.0 Å². The molecule has 1 aliphatic heterocycles. The number of fused-ring (bicyclic) bond motifs is 1. The summed E-state index contributed by atoms with van der Waals surface area (Å²) in [7, 11) is 0. The van der Waals surface area contributed by atoms with Gasteiger partial charge in [0.15, 0.2) is 0 Å². The number of nitrogens with two attached hydrogens (primary N) is 1. The molecular formula is C14H6BrClF3N3O3. The molecule has 0 saturated carbocycles. The van der Waals surface area contributed by atoms with E-state index >= 15 is 0 Å². The van der Waals surface area contributed by atoms with E-state index in [-0.39, 0.29) is 21.3 Å². The van der Waals surface area contributed by atoms with Crippen LogP contribution in [-0.2, 0) is 6.18 Å². The van der Waals surface area contributed by atoms with Crippen LogP contribution in [0.15, 0.2) is 27.5 Å². The topological polar surface area (TPSA) is 94.2 Å². The van der Waals surface area contributed by atoms with Gasteiger partial charge in [-0.25, -0.2) is 0 Å². The summed E-state index contributed by atoms with van der Waals surface area (Å²) in [5.41, 5.74) is 3.34. The van der Waals surface area contributed by atoms with Gasteiger partial charge in [0.1, 0.15) is 5.82 Å². The van der Waals surface area contributed by atoms with Crippen LogP contribution in [0.3, 0.4) is 0 Å². The molecule has 25 heavy (non-hydrogen) atoms. The highest BCUT2D eigenvalue weighted by Crippen LogP contribution is 2.38. The number of hydrogen-bond donors (Lipinski definition) is 2. The van der Waals surface area contributed by atoms with E-state index in [0.29, 0.717) is 6.07 Å². The van der Waals surface area contributed by atoms with Crippen molar-refractivity contribution in [3.05, 3.63) is 54.7 Å². The van der Waals surface area contributed by atoms with Gasteiger partial charge in [0.05, 0.1) is 27.4 Å². The van der Waals surface area contributed by atoms with E-state index in [9.17, 15) is 27.6 Å². The van der Waals surface area contributed by atoms with Gasteiger partial charge in [0, 0.05) is 10.5 Å². The molecule has 0 saturated heterocycles. The summed E-state index contributed by atoms with van der Waals surface area (Å²) < 4.78 is 39.2. The second-order valence-electron chi connectivity index (χ2n) is 5.06. The largest absolute Gasteiger partial charge is 0.416 e. The number of amides is 2. The molecule has 0 fully saturated rings. The van der Waals surface area contributed by atoms with Crippen LogP contribution in [0.25, 0.3) is 5.69 Å². The minimum absolute atomic E-state index is 0.161. The molecule has 1 aromatic heterocycles. The second kappa shape index (κ2) is 5.60. The first-order chi connectivity index (χ1) is 11.5. The summed E-state index contributed by atoms with van der Waals surface area (Å²) in [4.78, 5) is 35.8. The fourth-order valence-electron chi connectivity index (χ4n) is 2.45. The van der Waals surface area contributed by atoms with Gasteiger partial charge < -0.3 is 5.73 Å². The van der Waals surface area contributed by atoms with Gasteiger partial charge in [0.2, 0.25) is 0 Å². The first-order valence-electron chi connectivity index (χ1n) is 6.50. The quantitative estimate of drug-likeness (QED) is 0.672. The van der Waals surface area contributed by atoms with Gasteiger partial charge in [-0.05, 0) is 28.1 Å². The number of nitrogen functional groups attached to an aromatic ring is 1. The van der Waals surface area contributed by atoms with Crippen molar-refractivity contribution in [2.45, 2.75) is 6.18 Å². The molecule has 11 heteroatoms. The first-order valence-corrected chi connectivity index (χ1v) is 7.67. The Bertz CT molecular complexity index is 994. The van der Waals surface area contributed by atoms with Gasteiger partial charge >= 0.3 is 6.18 Å². The van der Waals surface area contributed by atoms with Crippen LogP contribution in [0.5, 0.6) is 0 Å². The standard InChI is InChI=1S/C14H6BrClF3N3O3/c15-6-1-4(14(17,18)19)2-7(16)10(6)22-8(23)3-5-9(11(22)20)13(25)21-12(5)24/h1-3H,20H2,(H,21,24,25). The monoisotopic (exact) mass is 435 g/mol. The highest BCUT2D eigenvalue weighted by Gasteiger charge is 2.34. The Morgan fingerprint density at radius 3 is 2.32 bits per heavy atom. The van der Waals surface area contributed by atoms with Crippen LogP contribution in [-0.4, -0.2) is 16.4 Å². The molecule has 1 aliphatic rings. The molecule has 130 valence electrons. The molecule has 0 bridgehead atoms. The van der Waals surface area contributed by atoms with Gasteiger partial charge in [-0.3, -0.25) is 24.3 Å². The third-order valence-electron chi connectivity index (χ3n) is 3.52. The van der Waals surface area contributed by atoms with Crippen molar-refractivity contribution < 1.29 is 22.8 Å². The summed E-state index contributed by atoms with van der Waals surface area (Å²) >= 11 is 8.86. The molecule has 2 heterocycles. The molecule has 0 aliphatic carbocycles. The lowest BCUT2D eigenvalue weighted by Gasteiger charge is -2.17. The predicted molar refractivity (Wildman–Crippen MR) is 86.0 cm³/mol. The number of rotatable bonds is 1. The molecule has 6 nitrogen and oxygen atoms in total. The number of anilines is 1. The number of imide groups is 1.